The normalized spacial score (nSPS) is 20.3. The first-order valence-corrected chi connectivity index (χ1v) is 15.6. The first-order chi connectivity index (χ1) is 20.9. The van der Waals surface area contributed by atoms with E-state index >= 15 is 0 Å². The molecule has 290 valence electrons. The van der Waals surface area contributed by atoms with Gasteiger partial charge in [0.1, 0.15) is 23.9 Å². The van der Waals surface area contributed by atoms with E-state index < -0.39 is 5.97 Å². The second-order valence-corrected chi connectivity index (χ2v) is 10.9. The van der Waals surface area contributed by atoms with Gasteiger partial charge in [-0.1, -0.05) is 41.5 Å². The first-order valence-electron chi connectivity index (χ1n) is 15.6. The number of carboxylic acid groups (broad SMARTS) is 1. The van der Waals surface area contributed by atoms with Crippen molar-refractivity contribution in [1.82, 2.24) is 25.9 Å². The number of halogens is 2. The number of aliphatic carboxylic acids is 1. The minimum Gasteiger partial charge on any atom is -1.00 e. The SMILES string of the molecule is C.C.CC(=O)[C@@H]1CCCN1[O-].CCC[C@H](NC)C(=O)N1CCC[C@H]1C(=O)OC.CCC[C@H](NC)C(=O)O.COC(=O)[C@@H]1CCCN1.Cl.Cl.[H-]. The third-order valence-electron chi connectivity index (χ3n) is 7.68. The Balaban J connectivity index is -0.000000127. The lowest BCUT2D eigenvalue weighted by atomic mass is 10.1. The van der Waals surface area contributed by atoms with Crippen molar-refractivity contribution in [2.75, 3.05) is 47.9 Å². The number of ether oxygens (including phenoxy) is 2. The number of rotatable bonds is 11. The van der Waals surface area contributed by atoms with Crippen LogP contribution in [0, 0.1) is 5.21 Å². The van der Waals surface area contributed by atoms with Crippen molar-refractivity contribution in [2.45, 2.75) is 130 Å². The van der Waals surface area contributed by atoms with Gasteiger partial charge in [0.05, 0.1) is 26.3 Å². The van der Waals surface area contributed by atoms with Gasteiger partial charge >= 0.3 is 17.9 Å². The molecule has 0 aromatic carbocycles. The summed E-state index contributed by atoms with van der Waals surface area (Å²) in [5.41, 5.74) is 0. The number of carbonyl (C=O) groups excluding carboxylic acids is 4. The molecular weight excluding hydrogens is 669 g/mol. The van der Waals surface area contributed by atoms with Crippen LogP contribution < -0.4 is 16.0 Å². The highest BCUT2D eigenvalue weighted by atomic mass is 35.5. The Morgan fingerprint density at radius 2 is 1.35 bits per heavy atom. The summed E-state index contributed by atoms with van der Waals surface area (Å²) in [5.74, 6) is -1.18. The van der Waals surface area contributed by atoms with Gasteiger partial charge in [0, 0.05) is 6.54 Å². The summed E-state index contributed by atoms with van der Waals surface area (Å²) >= 11 is 0. The van der Waals surface area contributed by atoms with E-state index in [1.165, 1.54) is 21.1 Å². The number of carboxylic acids is 1. The predicted octanol–water partition coefficient (Wildman–Crippen LogP) is 3.67. The molecular formula is C32H67Cl2N5O9-2. The van der Waals surface area contributed by atoms with E-state index in [1.807, 2.05) is 13.8 Å². The summed E-state index contributed by atoms with van der Waals surface area (Å²) in [6, 6.07) is -1.31. The lowest BCUT2D eigenvalue weighted by Gasteiger charge is -2.27. The molecule has 0 radical (unpaired) electrons. The quantitative estimate of drug-likeness (QED) is 0.225. The van der Waals surface area contributed by atoms with Gasteiger partial charge in [-0.05, 0) is 85.5 Å². The number of nitrogens with one attached hydrogen (secondary N) is 3. The number of Topliss-reactive ketones (excluding diaryl/α,β-unsaturated/α-hetero) is 1. The van der Waals surface area contributed by atoms with E-state index in [0.29, 0.717) is 25.9 Å². The van der Waals surface area contributed by atoms with Crippen LogP contribution in [0.15, 0.2) is 0 Å². The van der Waals surface area contributed by atoms with Crippen LogP contribution >= 0.6 is 24.8 Å². The standard InChI is InChI=1S/C12H22N2O3.C6H11NO2.C6H10NO2.C6H13NO2.2CH4.2ClH.H/c1-4-6-9(13-2)11(15)14-8-5-7-10(14)12(16)17-3;1-9-6(8)5-3-2-4-7-5;1-5(8)6-3-2-4-7(6)9;1-3-4-5(7-2)6(8)9;;;;;/h9-10,13H,4-8H2,1-3H3;5,7H,2-4H2,1H3;6H,2-4H2,1H3;5,7H,3-4H2,1-2H3,(H,8,9);2*1H4;2*1H;/q;;-1;;;;;;-1/t9-,10-;5-;6-;5-;;;;;/m0000...../s1. The molecule has 0 aromatic heterocycles. The van der Waals surface area contributed by atoms with Crippen LogP contribution in [-0.4, -0.2) is 123 Å². The largest absolute Gasteiger partial charge is 1.00 e. The molecule has 0 aromatic rings. The molecule has 3 fully saturated rings. The van der Waals surface area contributed by atoms with Crippen molar-refractivity contribution in [3.05, 3.63) is 5.21 Å². The molecule has 3 heterocycles. The lowest BCUT2D eigenvalue weighted by Crippen LogP contribution is -2.49. The Morgan fingerprint density at radius 1 is 0.854 bits per heavy atom. The maximum Gasteiger partial charge on any atom is 0.328 e. The summed E-state index contributed by atoms with van der Waals surface area (Å²) in [6.07, 6.45) is 8.53. The molecule has 48 heavy (non-hydrogen) atoms. The maximum absolute atomic E-state index is 12.3. The number of methoxy groups -OCH3 is 2. The van der Waals surface area contributed by atoms with Crippen LogP contribution in [0.2, 0.25) is 0 Å². The predicted molar refractivity (Wildman–Crippen MR) is 196 cm³/mol. The second-order valence-electron chi connectivity index (χ2n) is 10.9. The Morgan fingerprint density at radius 3 is 1.69 bits per heavy atom. The molecule has 4 N–H and O–H groups in total. The summed E-state index contributed by atoms with van der Waals surface area (Å²) in [5, 5.41) is 28.8. The van der Waals surface area contributed by atoms with Crippen molar-refractivity contribution < 1.29 is 40.0 Å². The van der Waals surface area contributed by atoms with Crippen LogP contribution in [-0.2, 0) is 33.4 Å². The minimum absolute atomic E-state index is 0. The van der Waals surface area contributed by atoms with Crippen molar-refractivity contribution in [3.63, 3.8) is 0 Å². The number of hydrogen-bond acceptors (Lipinski definition) is 12. The Kier molecular flexibility index (Phi) is 37.1. The molecule has 3 aliphatic heterocycles. The Hall–Kier alpha value is -2.07. The number of hydroxylamine groups is 2. The molecule has 16 heteroatoms. The fraction of sp³-hybridized carbons (Fsp3) is 0.844. The Bertz CT molecular complexity index is 890. The van der Waals surface area contributed by atoms with Crippen molar-refractivity contribution in [3.8, 4) is 0 Å². The average Bonchev–Trinajstić information content (AvgIpc) is 3.81. The number of carbonyl (C=O) groups is 5. The second kappa shape index (κ2) is 32.2. The zero-order valence-electron chi connectivity index (χ0n) is 29.5. The summed E-state index contributed by atoms with van der Waals surface area (Å²) in [6.45, 7) is 7.61. The molecule has 0 spiro atoms. The highest BCUT2D eigenvalue weighted by Crippen LogP contribution is 2.20. The van der Waals surface area contributed by atoms with Gasteiger partial charge in [0.25, 0.3) is 0 Å². The molecule has 3 saturated heterocycles. The van der Waals surface area contributed by atoms with Gasteiger partial charge in [0.2, 0.25) is 5.91 Å². The van der Waals surface area contributed by atoms with Crippen LogP contribution in [0.3, 0.4) is 0 Å². The van der Waals surface area contributed by atoms with Crippen LogP contribution in [0.1, 0.15) is 101 Å². The maximum atomic E-state index is 12.3. The van der Waals surface area contributed by atoms with Crippen LogP contribution in [0.4, 0.5) is 0 Å². The summed E-state index contributed by atoms with van der Waals surface area (Å²) in [7, 11) is 6.23. The molecule has 0 unspecified atom stereocenters. The number of ketones is 1. The highest BCUT2D eigenvalue weighted by Gasteiger charge is 2.37. The van der Waals surface area contributed by atoms with Gasteiger partial charge in [-0.3, -0.25) is 19.2 Å². The molecule has 3 aliphatic rings. The fourth-order valence-electron chi connectivity index (χ4n) is 5.15. The number of hydrogen-bond donors (Lipinski definition) is 4. The number of nitrogens with zero attached hydrogens (tertiary/aromatic N) is 2. The lowest BCUT2D eigenvalue weighted by molar-refractivity contribution is -0.151. The first kappa shape index (κ1) is 55.3. The Labute approximate surface area is 303 Å². The van der Waals surface area contributed by atoms with E-state index in [1.54, 1.807) is 19.0 Å². The number of likely N-dealkylation sites (N-methyl/N-ethyl adjacent to an activating group) is 2. The molecule has 1 amide bonds. The third kappa shape index (κ3) is 20.4. The molecule has 3 rings (SSSR count). The minimum atomic E-state index is -0.764. The molecule has 0 aliphatic carbocycles. The summed E-state index contributed by atoms with van der Waals surface area (Å²) in [4.78, 5) is 57.1. The van der Waals surface area contributed by atoms with E-state index in [4.69, 9.17) is 9.84 Å². The van der Waals surface area contributed by atoms with Crippen LogP contribution in [0.5, 0.6) is 0 Å². The van der Waals surface area contributed by atoms with E-state index in [2.05, 4.69) is 20.7 Å². The average molecular weight is 737 g/mol. The smallest absolute Gasteiger partial charge is 0.328 e. The summed E-state index contributed by atoms with van der Waals surface area (Å²) < 4.78 is 9.27. The van der Waals surface area contributed by atoms with E-state index in [9.17, 15) is 29.2 Å². The van der Waals surface area contributed by atoms with Gasteiger partial charge in [-0.25, -0.2) is 4.79 Å². The van der Waals surface area contributed by atoms with Crippen molar-refractivity contribution >= 4 is 54.4 Å². The number of esters is 2. The van der Waals surface area contributed by atoms with Gasteiger partial charge in [0.15, 0.2) is 0 Å². The highest BCUT2D eigenvalue weighted by molar-refractivity contribution is 5.88. The van der Waals surface area contributed by atoms with Crippen LogP contribution in [0.25, 0.3) is 0 Å². The van der Waals surface area contributed by atoms with Gasteiger partial charge < -0.3 is 47.1 Å². The molecule has 0 bridgehead atoms. The van der Waals surface area contributed by atoms with E-state index in [0.717, 1.165) is 63.0 Å². The molecule has 14 nitrogen and oxygen atoms in total. The monoisotopic (exact) mass is 735 g/mol. The zero-order valence-corrected chi connectivity index (χ0v) is 30.1. The molecule has 0 saturated carbocycles. The van der Waals surface area contributed by atoms with Gasteiger partial charge in [-0.2, -0.15) is 0 Å². The van der Waals surface area contributed by atoms with Crippen molar-refractivity contribution in [1.29, 1.82) is 0 Å². The van der Waals surface area contributed by atoms with E-state index in [-0.39, 0.29) is 94.9 Å². The number of amides is 1. The number of likely N-dealkylation sites (tertiary alicyclic amines) is 1. The third-order valence-corrected chi connectivity index (χ3v) is 7.68. The van der Waals surface area contributed by atoms with Gasteiger partial charge in [-0.15, -0.1) is 24.8 Å². The zero-order chi connectivity index (χ0) is 33.7. The topological polar surface area (TPSA) is 190 Å². The fourth-order valence-corrected chi connectivity index (χ4v) is 5.15. The van der Waals surface area contributed by atoms with Crippen molar-refractivity contribution in [2.24, 2.45) is 0 Å². The molecule has 5 atom stereocenters.